The van der Waals surface area contributed by atoms with Gasteiger partial charge in [0, 0.05) is 36.0 Å². The lowest BCUT2D eigenvalue weighted by Gasteiger charge is -2.25. The van der Waals surface area contributed by atoms with Crippen LogP contribution in [0.2, 0.25) is 5.02 Å². The van der Waals surface area contributed by atoms with Gasteiger partial charge in [0.1, 0.15) is 0 Å². The smallest absolute Gasteiger partial charge is 0.270 e. The molecular formula is C22H19ClF4N2O2S. The van der Waals surface area contributed by atoms with Gasteiger partial charge in [-0.2, -0.15) is 0 Å². The fourth-order valence-corrected chi connectivity index (χ4v) is 6.22. The van der Waals surface area contributed by atoms with Crippen molar-refractivity contribution in [2.24, 2.45) is 0 Å². The molecule has 1 aromatic heterocycles. The summed E-state index contributed by atoms with van der Waals surface area (Å²) in [5.41, 5.74) is -0.434. The molecule has 1 saturated heterocycles. The number of anilines is 1. The minimum Gasteiger partial charge on any atom is -0.358 e. The number of nitrogens with zero attached hydrogens (tertiary/aromatic N) is 2. The molecular weight excluding hydrogens is 468 g/mol. The highest BCUT2D eigenvalue weighted by molar-refractivity contribution is 7.90. The van der Waals surface area contributed by atoms with E-state index < -0.39 is 34.0 Å². The lowest BCUT2D eigenvalue weighted by Crippen LogP contribution is -2.31. The molecule has 2 aromatic carbocycles. The first-order valence-electron chi connectivity index (χ1n) is 10.0. The maximum Gasteiger partial charge on any atom is 0.270 e. The second-order valence-corrected chi connectivity index (χ2v) is 10.9. The van der Waals surface area contributed by atoms with Crippen LogP contribution in [0.4, 0.5) is 23.2 Å². The maximum atomic E-state index is 14.3. The Labute approximate surface area is 187 Å². The number of fused-ring (bicyclic) bond motifs is 1. The lowest BCUT2D eigenvalue weighted by atomic mass is 10.1. The summed E-state index contributed by atoms with van der Waals surface area (Å²) in [7, 11) is -4.20. The molecule has 1 aliphatic heterocycles. The summed E-state index contributed by atoms with van der Waals surface area (Å²) in [6.45, 7) is 0.210. The van der Waals surface area contributed by atoms with Crippen LogP contribution in [0.1, 0.15) is 31.7 Å². The maximum absolute atomic E-state index is 14.3. The average molecular weight is 487 g/mol. The summed E-state index contributed by atoms with van der Waals surface area (Å²) >= 11 is 6.40. The normalized spacial score (nSPS) is 19.8. The molecule has 0 N–H and O–H groups in total. The van der Waals surface area contributed by atoms with Crippen molar-refractivity contribution in [2.75, 3.05) is 11.4 Å². The molecule has 10 heteroatoms. The molecule has 1 spiro atoms. The van der Waals surface area contributed by atoms with Gasteiger partial charge in [0.05, 0.1) is 27.7 Å². The number of halogens is 5. The quantitative estimate of drug-likeness (QED) is 0.423. The molecule has 1 saturated carbocycles. The van der Waals surface area contributed by atoms with Crippen LogP contribution in [0.3, 0.4) is 0 Å². The molecule has 3 aromatic rings. The van der Waals surface area contributed by atoms with Crippen LogP contribution in [-0.4, -0.2) is 30.4 Å². The molecule has 5 rings (SSSR count). The number of aromatic nitrogens is 1. The first kappa shape index (κ1) is 21.6. The molecule has 2 aliphatic rings. The summed E-state index contributed by atoms with van der Waals surface area (Å²) in [6, 6.07) is 9.06. The zero-order chi connectivity index (χ0) is 23.1. The molecule has 0 bridgehead atoms. The molecule has 4 nitrogen and oxygen atoms in total. The fraction of sp³-hybridized carbons (Fsp3) is 0.364. The molecule has 0 atom stereocenters. The zero-order valence-corrected chi connectivity index (χ0v) is 18.5. The highest BCUT2D eigenvalue weighted by Gasteiger charge is 2.61. The van der Waals surface area contributed by atoms with E-state index in [1.54, 1.807) is 23.1 Å². The van der Waals surface area contributed by atoms with Crippen molar-refractivity contribution in [3.8, 4) is 0 Å². The predicted octanol–water partition coefficient (Wildman–Crippen LogP) is 6.02. The highest BCUT2D eigenvalue weighted by atomic mass is 35.5. The summed E-state index contributed by atoms with van der Waals surface area (Å²) in [5, 5.41) is 0.622. The van der Waals surface area contributed by atoms with Crippen LogP contribution < -0.4 is 4.90 Å². The van der Waals surface area contributed by atoms with Gasteiger partial charge < -0.3 is 4.90 Å². The SMILES string of the molecule is CC(F)(F)c1ccc(S(=O)(=O)n2cc(N3CC(F)(F)CC34CC4)c3c(Cl)cccc32)cc1. The van der Waals surface area contributed by atoms with E-state index in [0.717, 1.165) is 35.2 Å². The van der Waals surface area contributed by atoms with Crippen molar-refractivity contribution in [3.05, 3.63) is 59.2 Å². The van der Waals surface area contributed by atoms with E-state index in [2.05, 4.69) is 0 Å². The van der Waals surface area contributed by atoms with E-state index in [4.69, 9.17) is 11.6 Å². The molecule has 32 heavy (non-hydrogen) atoms. The van der Waals surface area contributed by atoms with Gasteiger partial charge in [-0.3, -0.25) is 0 Å². The third-order valence-corrected chi connectivity index (χ3v) is 8.31. The van der Waals surface area contributed by atoms with Gasteiger partial charge in [-0.15, -0.1) is 0 Å². The van der Waals surface area contributed by atoms with Crippen molar-refractivity contribution in [3.63, 3.8) is 0 Å². The van der Waals surface area contributed by atoms with Crippen molar-refractivity contribution >= 4 is 38.2 Å². The predicted molar refractivity (Wildman–Crippen MR) is 114 cm³/mol. The topological polar surface area (TPSA) is 42.3 Å². The van der Waals surface area contributed by atoms with E-state index >= 15 is 0 Å². The van der Waals surface area contributed by atoms with E-state index in [1.807, 2.05) is 0 Å². The van der Waals surface area contributed by atoms with Crippen LogP contribution in [0.15, 0.2) is 53.6 Å². The Morgan fingerprint density at radius 1 is 1.06 bits per heavy atom. The third kappa shape index (κ3) is 3.28. The van der Waals surface area contributed by atoms with Gasteiger partial charge in [-0.25, -0.2) is 30.0 Å². The summed E-state index contributed by atoms with van der Waals surface area (Å²) in [4.78, 5) is 1.38. The molecule has 2 fully saturated rings. The molecule has 1 aliphatic carbocycles. The summed E-state index contributed by atoms with van der Waals surface area (Å²) in [5.74, 6) is -5.99. The first-order valence-corrected chi connectivity index (χ1v) is 11.9. The highest BCUT2D eigenvalue weighted by Crippen LogP contribution is 2.57. The molecule has 0 unspecified atom stereocenters. The monoisotopic (exact) mass is 486 g/mol. The van der Waals surface area contributed by atoms with Crippen LogP contribution in [-0.2, 0) is 15.9 Å². The number of alkyl halides is 4. The minimum absolute atomic E-state index is 0.193. The van der Waals surface area contributed by atoms with Gasteiger partial charge in [0.25, 0.3) is 21.9 Å². The van der Waals surface area contributed by atoms with Gasteiger partial charge in [0.15, 0.2) is 0 Å². The lowest BCUT2D eigenvalue weighted by molar-refractivity contribution is 0.0173. The van der Waals surface area contributed by atoms with Gasteiger partial charge in [-0.05, 0) is 37.1 Å². The Balaban J connectivity index is 1.67. The van der Waals surface area contributed by atoms with Crippen molar-refractivity contribution in [1.82, 2.24) is 3.97 Å². The fourth-order valence-electron chi connectivity index (χ4n) is 4.60. The number of hydrogen-bond acceptors (Lipinski definition) is 3. The minimum atomic E-state index is -4.20. The first-order chi connectivity index (χ1) is 14.8. The van der Waals surface area contributed by atoms with Crippen molar-refractivity contribution in [2.45, 2.75) is 48.5 Å². The Kier molecular flexibility index (Phi) is 4.47. The van der Waals surface area contributed by atoms with Crippen LogP contribution in [0, 0.1) is 0 Å². The molecule has 0 amide bonds. The Morgan fingerprint density at radius 3 is 2.31 bits per heavy atom. The standard InChI is InChI=1S/C22H19ClF4N2O2S/c1-20(24,25)14-5-7-15(8-6-14)32(30,31)29-11-18(19-16(23)3-2-4-17(19)29)28-13-22(26,27)12-21(28)9-10-21/h2-8,11H,9-10,12-13H2,1H3. The summed E-state index contributed by atoms with van der Waals surface area (Å²) in [6.07, 6.45) is 2.23. The largest absolute Gasteiger partial charge is 0.358 e. The Morgan fingerprint density at radius 2 is 1.72 bits per heavy atom. The average Bonchev–Trinajstić information content (AvgIpc) is 3.25. The Hall–Kier alpha value is -2.26. The molecule has 0 radical (unpaired) electrons. The van der Waals surface area contributed by atoms with Crippen molar-refractivity contribution < 1.29 is 26.0 Å². The number of hydrogen-bond donors (Lipinski definition) is 0. The van der Waals surface area contributed by atoms with Crippen LogP contribution in [0.25, 0.3) is 10.9 Å². The second kappa shape index (κ2) is 6.63. The third-order valence-electron chi connectivity index (χ3n) is 6.31. The number of benzene rings is 2. The zero-order valence-electron chi connectivity index (χ0n) is 17.0. The van der Waals surface area contributed by atoms with Gasteiger partial charge >= 0.3 is 0 Å². The molecule has 170 valence electrons. The summed E-state index contributed by atoms with van der Waals surface area (Å²) < 4.78 is 83.5. The Bertz CT molecular complexity index is 1330. The van der Waals surface area contributed by atoms with E-state index in [0.29, 0.717) is 23.9 Å². The van der Waals surface area contributed by atoms with E-state index in [-0.39, 0.29) is 27.4 Å². The van der Waals surface area contributed by atoms with Gasteiger partial charge in [0.2, 0.25) is 0 Å². The van der Waals surface area contributed by atoms with Crippen molar-refractivity contribution in [1.29, 1.82) is 0 Å². The van der Waals surface area contributed by atoms with Crippen LogP contribution >= 0.6 is 11.6 Å². The van der Waals surface area contributed by atoms with Gasteiger partial charge in [-0.1, -0.05) is 29.8 Å². The van der Waals surface area contributed by atoms with E-state index in [1.165, 1.54) is 6.20 Å². The van der Waals surface area contributed by atoms with Crippen LogP contribution in [0.5, 0.6) is 0 Å². The number of rotatable bonds is 4. The molecule has 2 heterocycles. The van der Waals surface area contributed by atoms with E-state index in [9.17, 15) is 26.0 Å². The second-order valence-electron chi connectivity index (χ2n) is 8.71.